The van der Waals surface area contributed by atoms with Gasteiger partial charge in [-0.3, -0.25) is 9.59 Å². The Labute approximate surface area is 196 Å². The summed E-state index contributed by atoms with van der Waals surface area (Å²) in [5.74, 6) is -1.45. The molecule has 0 unspecified atom stereocenters. The van der Waals surface area contributed by atoms with E-state index < -0.39 is 28.5 Å². The Kier molecular flexibility index (Phi) is 6.75. The van der Waals surface area contributed by atoms with Crippen LogP contribution in [0.4, 0.5) is 5.69 Å². The fourth-order valence-electron chi connectivity index (χ4n) is 3.81. The lowest BCUT2D eigenvalue weighted by Gasteiger charge is -2.25. The van der Waals surface area contributed by atoms with E-state index in [4.69, 9.17) is 4.74 Å². The number of carbonyl (C=O) groups excluding carboxylic acids is 2. The van der Waals surface area contributed by atoms with Crippen LogP contribution in [0.5, 0.6) is 0 Å². The van der Waals surface area contributed by atoms with E-state index in [0.29, 0.717) is 29.5 Å². The molecule has 178 valence electrons. The van der Waals surface area contributed by atoms with E-state index in [1.54, 1.807) is 24.3 Å². The Bertz CT molecular complexity index is 1390. The fourth-order valence-corrected chi connectivity index (χ4v) is 5.33. The molecule has 1 aliphatic heterocycles. The molecular formula is C23H24N4O6S. The van der Waals surface area contributed by atoms with Gasteiger partial charge in [-0.25, -0.2) is 17.9 Å². The number of amides is 1. The highest BCUT2D eigenvalue weighted by molar-refractivity contribution is 7.89. The summed E-state index contributed by atoms with van der Waals surface area (Å²) in [6.45, 7) is 0.434. The number of hydrogen-bond donors (Lipinski definition) is 1. The van der Waals surface area contributed by atoms with Crippen molar-refractivity contribution in [2.75, 3.05) is 25.0 Å². The summed E-state index contributed by atoms with van der Waals surface area (Å²) in [5.41, 5.74) is -0.0576. The van der Waals surface area contributed by atoms with Gasteiger partial charge in [0.15, 0.2) is 12.3 Å². The van der Waals surface area contributed by atoms with E-state index >= 15 is 0 Å². The molecule has 1 saturated heterocycles. The third-order valence-corrected chi connectivity index (χ3v) is 7.49. The van der Waals surface area contributed by atoms with Crippen molar-refractivity contribution in [2.24, 2.45) is 7.05 Å². The number of benzene rings is 2. The van der Waals surface area contributed by atoms with Crippen molar-refractivity contribution in [1.29, 1.82) is 0 Å². The van der Waals surface area contributed by atoms with E-state index in [0.717, 1.165) is 23.9 Å². The number of rotatable bonds is 6. The lowest BCUT2D eigenvalue weighted by atomic mass is 10.1. The minimum Gasteiger partial charge on any atom is -0.451 e. The van der Waals surface area contributed by atoms with Crippen LogP contribution in [0, 0.1) is 0 Å². The number of aromatic nitrogens is 2. The number of carbonyl (C=O) groups is 2. The second-order valence-corrected chi connectivity index (χ2v) is 9.87. The monoisotopic (exact) mass is 484 g/mol. The number of sulfonamides is 1. The molecule has 0 aliphatic carbocycles. The molecule has 1 amide bonds. The number of esters is 1. The first-order valence-corrected chi connectivity index (χ1v) is 12.2. The van der Waals surface area contributed by atoms with Gasteiger partial charge in [-0.05, 0) is 43.2 Å². The van der Waals surface area contributed by atoms with Crippen LogP contribution in [0.3, 0.4) is 0 Å². The van der Waals surface area contributed by atoms with Crippen LogP contribution in [-0.2, 0) is 26.6 Å². The maximum atomic E-state index is 12.7. The number of ether oxygens (including phenoxy) is 1. The van der Waals surface area contributed by atoms with Gasteiger partial charge in [-0.15, -0.1) is 0 Å². The maximum absolute atomic E-state index is 12.7. The summed E-state index contributed by atoms with van der Waals surface area (Å²) in [6, 6.07) is 12.4. The largest absolute Gasteiger partial charge is 0.451 e. The molecule has 10 nitrogen and oxygen atoms in total. The lowest BCUT2D eigenvalue weighted by Crippen LogP contribution is -2.35. The third-order valence-electron chi connectivity index (χ3n) is 5.58. The SMILES string of the molecule is Cn1nc(C(=O)OCC(=O)Nc2ccc(S(=O)(=O)N3CCCCC3)cc2)c2ccccc2c1=O. The van der Waals surface area contributed by atoms with E-state index in [-0.39, 0.29) is 16.1 Å². The first-order chi connectivity index (χ1) is 16.3. The Hall–Kier alpha value is -3.57. The van der Waals surface area contributed by atoms with Crippen LogP contribution in [0.25, 0.3) is 10.8 Å². The molecule has 0 radical (unpaired) electrons. The first kappa shape index (κ1) is 23.6. The summed E-state index contributed by atoms with van der Waals surface area (Å²) < 4.78 is 33.1. The van der Waals surface area contributed by atoms with Crippen molar-refractivity contribution < 1.29 is 22.7 Å². The van der Waals surface area contributed by atoms with Gasteiger partial charge in [-0.1, -0.05) is 24.6 Å². The molecule has 0 atom stereocenters. The highest BCUT2D eigenvalue weighted by Gasteiger charge is 2.25. The van der Waals surface area contributed by atoms with Crippen molar-refractivity contribution in [2.45, 2.75) is 24.2 Å². The fraction of sp³-hybridized carbons (Fsp3) is 0.304. The molecule has 1 aromatic heterocycles. The van der Waals surface area contributed by atoms with Crippen LogP contribution in [0.15, 0.2) is 58.2 Å². The third kappa shape index (κ3) is 4.85. The summed E-state index contributed by atoms with van der Waals surface area (Å²) in [5, 5.41) is 7.19. The maximum Gasteiger partial charge on any atom is 0.359 e. The number of hydrogen-bond acceptors (Lipinski definition) is 7. The van der Waals surface area contributed by atoms with Gasteiger partial charge in [0, 0.05) is 31.2 Å². The topological polar surface area (TPSA) is 128 Å². The first-order valence-electron chi connectivity index (χ1n) is 10.8. The highest BCUT2D eigenvalue weighted by atomic mass is 32.2. The number of nitrogens with zero attached hydrogens (tertiary/aromatic N) is 3. The molecule has 1 fully saturated rings. The van der Waals surface area contributed by atoms with E-state index in [9.17, 15) is 22.8 Å². The molecule has 11 heteroatoms. The molecule has 2 heterocycles. The number of fused-ring (bicyclic) bond motifs is 1. The Morgan fingerprint density at radius 1 is 1.00 bits per heavy atom. The number of anilines is 1. The quantitative estimate of drug-likeness (QED) is 0.529. The molecule has 34 heavy (non-hydrogen) atoms. The predicted octanol–water partition coefficient (Wildman–Crippen LogP) is 1.90. The van der Waals surface area contributed by atoms with Gasteiger partial charge in [0.2, 0.25) is 10.0 Å². The van der Waals surface area contributed by atoms with Crippen LogP contribution >= 0.6 is 0 Å². The van der Waals surface area contributed by atoms with Gasteiger partial charge in [0.25, 0.3) is 11.5 Å². The van der Waals surface area contributed by atoms with E-state index in [2.05, 4.69) is 10.4 Å². The van der Waals surface area contributed by atoms with Crippen molar-refractivity contribution in [3.63, 3.8) is 0 Å². The summed E-state index contributed by atoms with van der Waals surface area (Å²) in [7, 11) is -2.14. The summed E-state index contributed by atoms with van der Waals surface area (Å²) in [4.78, 5) is 37.2. The normalized spacial score (nSPS) is 14.6. The van der Waals surface area contributed by atoms with Crippen molar-refractivity contribution in [1.82, 2.24) is 14.1 Å². The van der Waals surface area contributed by atoms with Crippen LogP contribution in [0.1, 0.15) is 29.8 Å². The van der Waals surface area contributed by atoms with Crippen molar-refractivity contribution >= 4 is 38.4 Å². The minimum absolute atomic E-state index is 0.0715. The summed E-state index contributed by atoms with van der Waals surface area (Å²) in [6.07, 6.45) is 2.71. The van der Waals surface area contributed by atoms with Gasteiger partial charge in [-0.2, -0.15) is 9.40 Å². The van der Waals surface area contributed by atoms with E-state index in [1.807, 2.05) is 0 Å². The molecule has 0 saturated carbocycles. The zero-order valence-electron chi connectivity index (χ0n) is 18.6. The predicted molar refractivity (Wildman–Crippen MR) is 125 cm³/mol. The number of piperidine rings is 1. The molecular weight excluding hydrogens is 460 g/mol. The second-order valence-electron chi connectivity index (χ2n) is 7.94. The average Bonchev–Trinajstić information content (AvgIpc) is 2.85. The molecule has 2 aromatic carbocycles. The molecule has 1 N–H and O–H groups in total. The molecule has 1 aliphatic rings. The smallest absolute Gasteiger partial charge is 0.359 e. The van der Waals surface area contributed by atoms with Gasteiger partial charge >= 0.3 is 5.97 Å². The average molecular weight is 485 g/mol. The lowest BCUT2D eigenvalue weighted by molar-refractivity contribution is -0.119. The van der Waals surface area contributed by atoms with Gasteiger partial charge in [0.1, 0.15) is 0 Å². The number of aryl methyl sites for hydroxylation is 1. The number of nitrogens with one attached hydrogen (secondary N) is 1. The zero-order valence-corrected chi connectivity index (χ0v) is 19.4. The Morgan fingerprint density at radius 2 is 1.65 bits per heavy atom. The van der Waals surface area contributed by atoms with Gasteiger partial charge < -0.3 is 10.1 Å². The van der Waals surface area contributed by atoms with Crippen LogP contribution in [0.2, 0.25) is 0 Å². The minimum atomic E-state index is -3.56. The second kappa shape index (κ2) is 9.74. The van der Waals surface area contributed by atoms with Crippen LogP contribution in [-0.4, -0.2) is 54.1 Å². The standard InChI is InChI=1S/C23H24N4O6S/c1-26-22(29)19-8-4-3-7-18(19)21(25-26)23(30)33-15-20(28)24-16-9-11-17(12-10-16)34(31,32)27-13-5-2-6-14-27/h3-4,7-12H,2,5-6,13-15H2,1H3,(H,24,28). The Morgan fingerprint density at radius 3 is 2.32 bits per heavy atom. The van der Waals surface area contributed by atoms with Crippen molar-refractivity contribution in [3.8, 4) is 0 Å². The highest BCUT2D eigenvalue weighted by Crippen LogP contribution is 2.22. The molecule has 3 aromatic rings. The molecule has 0 bridgehead atoms. The Balaban J connectivity index is 1.39. The van der Waals surface area contributed by atoms with Crippen molar-refractivity contribution in [3.05, 3.63) is 64.6 Å². The zero-order chi connectivity index (χ0) is 24.3. The molecule has 0 spiro atoms. The summed E-state index contributed by atoms with van der Waals surface area (Å²) >= 11 is 0. The van der Waals surface area contributed by atoms with Gasteiger partial charge in [0.05, 0.1) is 10.3 Å². The van der Waals surface area contributed by atoms with E-state index in [1.165, 1.54) is 35.6 Å². The van der Waals surface area contributed by atoms with Crippen LogP contribution < -0.4 is 10.9 Å². The molecule has 4 rings (SSSR count).